The number of aromatic amines is 1. The average Bonchev–Trinajstić information content (AvgIpc) is 3.16. The molecule has 0 bridgehead atoms. The first-order valence-electron chi connectivity index (χ1n) is 8.09. The lowest BCUT2D eigenvalue weighted by molar-refractivity contribution is -0.111. The van der Waals surface area contributed by atoms with Crippen molar-refractivity contribution >= 4 is 23.5 Å². The quantitative estimate of drug-likeness (QED) is 0.745. The number of Topliss-reactive ketones (excluding diaryl/α,β-unsaturated/α-hetero) is 1. The van der Waals surface area contributed by atoms with E-state index in [0.717, 1.165) is 38.7 Å². The minimum Gasteiger partial charge on any atom is -0.289 e. The zero-order chi connectivity index (χ0) is 18.0. The fourth-order valence-electron chi connectivity index (χ4n) is 2.94. The molecule has 3 nitrogen and oxygen atoms in total. The van der Waals surface area contributed by atoms with Crippen LogP contribution in [0.25, 0.3) is 17.3 Å². The Labute approximate surface area is 152 Å². The standard InChI is InChI=1S/C21H19ClN2O/c1-4-6-14-10-16(21(25)18(14)5-2)11-17-12-20(24-23-17)15-7-8-19(22)13(3)9-15/h4-9,11-12H,2,10H2,1,3H3,(H,23,24)/b6-4-,16-11+. The fourth-order valence-corrected chi connectivity index (χ4v) is 3.06. The molecule has 1 heterocycles. The third kappa shape index (κ3) is 3.42. The summed E-state index contributed by atoms with van der Waals surface area (Å²) < 4.78 is 0. The minimum absolute atomic E-state index is 0.0292. The van der Waals surface area contributed by atoms with E-state index in [2.05, 4.69) is 16.8 Å². The second-order valence-electron chi connectivity index (χ2n) is 5.99. The lowest BCUT2D eigenvalue weighted by Gasteiger charge is -2.00. The summed E-state index contributed by atoms with van der Waals surface area (Å²) >= 11 is 6.08. The van der Waals surface area contributed by atoms with Gasteiger partial charge in [0.15, 0.2) is 5.78 Å². The maximum absolute atomic E-state index is 12.5. The van der Waals surface area contributed by atoms with E-state index < -0.39 is 0 Å². The molecular formula is C21H19ClN2O. The second kappa shape index (κ2) is 7.08. The number of H-pyrrole nitrogens is 1. The lowest BCUT2D eigenvalue weighted by Crippen LogP contribution is -1.96. The van der Waals surface area contributed by atoms with E-state index in [-0.39, 0.29) is 5.78 Å². The van der Waals surface area contributed by atoms with Crippen molar-refractivity contribution in [3.05, 3.63) is 82.1 Å². The molecule has 25 heavy (non-hydrogen) atoms. The van der Waals surface area contributed by atoms with Crippen LogP contribution in [0, 0.1) is 6.92 Å². The topological polar surface area (TPSA) is 45.8 Å². The molecule has 1 aromatic heterocycles. The molecular weight excluding hydrogens is 332 g/mol. The Morgan fingerprint density at radius 1 is 1.32 bits per heavy atom. The van der Waals surface area contributed by atoms with Crippen molar-refractivity contribution < 1.29 is 4.79 Å². The highest BCUT2D eigenvalue weighted by Crippen LogP contribution is 2.31. The molecule has 1 aliphatic carbocycles. The fraction of sp³-hybridized carbons (Fsp3) is 0.143. The Hall–Kier alpha value is -2.65. The zero-order valence-corrected chi connectivity index (χ0v) is 15.0. The number of ketones is 1. The smallest absolute Gasteiger partial charge is 0.189 e. The van der Waals surface area contributed by atoms with Crippen molar-refractivity contribution in [3.8, 4) is 11.3 Å². The third-order valence-corrected chi connectivity index (χ3v) is 4.64. The number of nitrogens with zero attached hydrogens (tertiary/aromatic N) is 1. The SMILES string of the molecule is C=CC1=C(/C=C\C)C/C(=C\c2cc(-c3ccc(Cl)c(C)c3)n[nH]2)C1=O. The molecule has 0 spiro atoms. The van der Waals surface area contributed by atoms with Crippen molar-refractivity contribution in [2.45, 2.75) is 20.3 Å². The highest BCUT2D eigenvalue weighted by atomic mass is 35.5. The summed E-state index contributed by atoms with van der Waals surface area (Å²) in [5, 5.41) is 8.07. The Kier molecular flexibility index (Phi) is 4.86. The van der Waals surface area contributed by atoms with Gasteiger partial charge in [-0.15, -0.1) is 0 Å². The van der Waals surface area contributed by atoms with Gasteiger partial charge in [0, 0.05) is 28.2 Å². The Bertz CT molecular complexity index is 945. The van der Waals surface area contributed by atoms with Crippen LogP contribution >= 0.6 is 11.6 Å². The number of carbonyl (C=O) groups excluding carboxylic acids is 1. The van der Waals surface area contributed by atoms with Gasteiger partial charge >= 0.3 is 0 Å². The molecule has 0 aliphatic heterocycles. The van der Waals surface area contributed by atoms with E-state index in [1.54, 1.807) is 6.08 Å². The van der Waals surface area contributed by atoms with Crippen molar-refractivity contribution in [1.82, 2.24) is 10.2 Å². The summed E-state index contributed by atoms with van der Waals surface area (Å²) in [7, 11) is 0. The molecule has 0 fully saturated rings. The molecule has 1 N–H and O–H groups in total. The molecule has 0 amide bonds. The molecule has 0 saturated heterocycles. The molecule has 1 aromatic carbocycles. The summed E-state index contributed by atoms with van der Waals surface area (Å²) in [6.07, 6.45) is 8.00. The van der Waals surface area contributed by atoms with Crippen molar-refractivity contribution in [3.63, 3.8) is 0 Å². The van der Waals surface area contributed by atoms with Gasteiger partial charge in [-0.05, 0) is 49.3 Å². The number of benzene rings is 1. The third-order valence-electron chi connectivity index (χ3n) is 4.22. The summed E-state index contributed by atoms with van der Waals surface area (Å²) in [4.78, 5) is 12.5. The highest BCUT2D eigenvalue weighted by Gasteiger charge is 2.24. The maximum Gasteiger partial charge on any atom is 0.189 e. The first-order chi connectivity index (χ1) is 12.0. The van der Waals surface area contributed by atoms with Gasteiger partial charge in [-0.1, -0.05) is 42.5 Å². The van der Waals surface area contributed by atoms with E-state index in [1.165, 1.54) is 0 Å². The van der Waals surface area contributed by atoms with Gasteiger partial charge in [-0.25, -0.2) is 0 Å². The van der Waals surface area contributed by atoms with E-state index in [9.17, 15) is 4.79 Å². The number of hydrogen-bond donors (Lipinski definition) is 1. The molecule has 126 valence electrons. The minimum atomic E-state index is 0.0292. The predicted octanol–water partition coefficient (Wildman–Crippen LogP) is 5.45. The molecule has 1 aliphatic rings. The highest BCUT2D eigenvalue weighted by molar-refractivity contribution is 6.31. The molecule has 0 radical (unpaired) electrons. The number of halogens is 1. The van der Waals surface area contributed by atoms with Gasteiger partial charge in [0.05, 0.1) is 11.4 Å². The van der Waals surface area contributed by atoms with Gasteiger partial charge in [-0.2, -0.15) is 5.10 Å². The van der Waals surface area contributed by atoms with Crippen LogP contribution in [0.3, 0.4) is 0 Å². The first-order valence-corrected chi connectivity index (χ1v) is 8.46. The largest absolute Gasteiger partial charge is 0.289 e. The van der Waals surface area contributed by atoms with Gasteiger partial charge in [0.2, 0.25) is 0 Å². The number of allylic oxidation sites excluding steroid dienone is 6. The summed E-state index contributed by atoms with van der Waals surface area (Å²) in [5.74, 6) is 0.0292. The van der Waals surface area contributed by atoms with Gasteiger partial charge in [-0.3, -0.25) is 9.89 Å². The van der Waals surface area contributed by atoms with Gasteiger partial charge in [0.25, 0.3) is 0 Å². The molecule has 0 atom stereocenters. The number of rotatable bonds is 4. The average molecular weight is 351 g/mol. The Morgan fingerprint density at radius 2 is 2.12 bits per heavy atom. The Balaban J connectivity index is 1.89. The van der Waals surface area contributed by atoms with E-state index in [1.807, 2.05) is 56.3 Å². The van der Waals surface area contributed by atoms with Crippen LogP contribution in [-0.2, 0) is 4.79 Å². The lowest BCUT2D eigenvalue weighted by atomic mass is 10.1. The van der Waals surface area contributed by atoms with Crippen molar-refractivity contribution in [2.75, 3.05) is 0 Å². The van der Waals surface area contributed by atoms with Crippen LogP contribution in [0.1, 0.15) is 24.6 Å². The van der Waals surface area contributed by atoms with Crippen LogP contribution in [0.2, 0.25) is 5.02 Å². The van der Waals surface area contributed by atoms with Crippen LogP contribution in [0.15, 0.2) is 65.8 Å². The monoisotopic (exact) mass is 350 g/mol. The van der Waals surface area contributed by atoms with Gasteiger partial charge < -0.3 is 0 Å². The van der Waals surface area contributed by atoms with Crippen molar-refractivity contribution in [2.24, 2.45) is 0 Å². The van der Waals surface area contributed by atoms with Crippen LogP contribution in [0.4, 0.5) is 0 Å². The maximum atomic E-state index is 12.5. The van der Waals surface area contributed by atoms with Gasteiger partial charge in [0.1, 0.15) is 0 Å². The predicted molar refractivity (Wildman–Crippen MR) is 103 cm³/mol. The molecule has 3 rings (SSSR count). The number of carbonyl (C=O) groups is 1. The van der Waals surface area contributed by atoms with Crippen LogP contribution in [-0.4, -0.2) is 16.0 Å². The van der Waals surface area contributed by atoms with E-state index >= 15 is 0 Å². The number of nitrogens with one attached hydrogen (secondary N) is 1. The number of aryl methyl sites for hydroxylation is 1. The zero-order valence-electron chi connectivity index (χ0n) is 14.3. The number of hydrogen-bond acceptors (Lipinski definition) is 2. The number of aromatic nitrogens is 2. The molecule has 0 saturated carbocycles. The van der Waals surface area contributed by atoms with Crippen LogP contribution in [0.5, 0.6) is 0 Å². The summed E-state index contributed by atoms with van der Waals surface area (Å²) in [5.41, 5.74) is 6.03. The second-order valence-corrected chi connectivity index (χ2v) is 6.40. The molecule has 4 heteroatoms. The Morgan fingerprint density at radius 3 is 2.80 bits per heavy atom. The van der Waals surface area contributed by atoms with E-state index in [0.29, 0.717) is 12.0 Å². The van der Waals surface area contributed by atoms with Crippen molar-refractivity contribution in [1.29, 1.82) is 0 Å². The first kappa shape index (κ1) is 17.2. The van der Waals surface area contributed by atoms with E-state index in [4.69, 9.17) is 11.6 Å². The molecule has 0 unspecified atom stereocenters. The normalized spacial score (nSPS) is 16.4. The summed E-state index contributed by atoms with van der Waals surface area (Å²) in [6.45, 7) is 7.66. The van der Waals surface area contributed by atoms with Crippen LogP contribution < -0.4 is 0 Å². The summed E-state index contributed by atoms with van der Waals surface area (Å²) in [6, 6.07) is 7.73. The molecule has 2 aromatic rings.